The SMILES string of the molecule is CCCOc1ccc2c(c1)CCC2CN1CC=C(c2c[nH]c3cc(Cl)ccc23)CC1. The molecule has 156 valence electrons. The van der Waals surface area contributed by atoms with Gasteiger partial charge in [-0.15, -0.1) is 0 Å². The summed E-state index contributed by atoms with van der Waals surface area (Å²) < 4.78 is 5.82. The van der Waals surface area contributed by atoms with Crippen LogP contribution in [-0.2, 0) is 6.42 Å². The molecule has 3 nitrogen and oxygen atoms in total. The van der Waals surface area contributed by atoms with Crippen molar-refractivity contribution in [3.05, 3.63) is 70.4 Å². The van der Waals surface area contributed by atoms with Gasteiger partial charge in [-0.1, -0.05) is 36.7 Å². The Morgan fingerprint density at radius 3 is 2.93 bits per heavy atom. The monoisotopic (exact) mass is 420 g/mol. The van der Waals surface area contributed by atoms with E-state index in [1.165, 1.54) is 40.5 Å². The van der Waals surface area contributed by atoms with Crippen LogP contribution in [0.5, 0.6) is 5.75 Å². The molecule has 2 aromatic carbocycles. The summed E-state index contributed by atoms with van der Waals surface area (Å²) >= 11 is 6.13. The minimum absolute atomic E-state index is 0.644. The maximum absolute atomic E-state index is 6.13. The number of hydrogen-bond donors (Lipinski definition) is 1. The first kappa shape index (κ1) is 19.7. The number of H-pyrrole nitrogens is 1. The Bertz CT molecular complexity index is 1080. The highest BCUT2D eigenvalue weighted by molar-refractivity contribution is 6.31. The Morgan fingerprint density at radius 1 is 1.17 bits per heavy atom. The summed E-state index contributed by atoms with van der Waals surface area (Å²) in [6.07, 6.45) is 9.13. The van der Waals surface area contributed by atoms with Crippen molar-refractivity contribution in [1.82, 2.24) is 9.88 Å². The van der Waals surface area contributed by atoms with Crippen LogP contribution < -0.4 is 4.74 Å². The van der Waals surface area contributed by atoms with E-state index in [-0.39, 0.29) is 0 Å². The van der Waals surface area contributed by atoms with Gasteiger partial charge in [0.2, 0.25) is 0 Å². The highest BCUT2D eigenvalue weighted by Gasteiger charge is 2.26. The summed E-state index contributed by atoms with van der Waals surface area (Å²) in [7, 11) is 0. The fourth-order valence-electron chi connectivity index (χ4n) is 4.98. The van der Waals surface area contributed by atoms with Gasteiger partial charge in [0.1, 0.15) is 5.75 Å². The largest absolute Gasteiger partial charge is 0.494 e. The lowest BCUT2D eigenvalue weighted by Crippen LogP contribution is -2.32. The van der Waals surface area contributed by atoms with Crippen LogP contribution in [0.3, 0.4) is 0 Å². The number of halogens is 1. The summed E-state index contributed by atoms with van der Waals surface area (Å²) in [5, 5.41) is 2.05. The molecule has 4 heteroatoms. The number of benzene rings is 2. The smallest absolute Gasteiger partial charge is 0.119 e. The fourth-order valence-corrected chi connectivity index (χ4v) is 5.15. The average molecular weight is 421 g/mol. The number of ether oxygens (including phenoxy) is 1. The van der Waals surface area contributed by atoms with Crippen LogP contribution >= 0.6 is 11.6 Å². The van der Waals surface area contributed by atoms with Gasteiger partial charge in [-0.3, -0.25) is 4.90 Å². The van der Waals surface area contributed by atoms with Crippen LogP contribution in [0.15, 0.2) is 48.7 Å². The predicted molar refractivity (Wildman–Crippen MR) is 126 cm³/mol. The minimum atomic E-state index is 0.644. The van der Waals surface area contributed by atoms with Crippen LogP contribution in [0.2, 0.25) is 5.02 Å². The van der Waals surface area contributed by atoms with E-state index < -0.39 is 0 Å². The van der Waals surface area contributed by atoms with Crippen LogP contribution in [-0.4, -0.2) is 36.1 Å². The maximum Gasteiger partial charge on any atom is 0.119 e. The molecule has 2 heterocycles. The van der Waals surface area contributed by atoms with Crippen LogP contribution in [0.25, 0.3) is 16.5 Å². The van der Waals surface area contributed by atoms with Crippen molar-refractivity contribution in [2.45, 2.75) is 38.5 Å². The van der Waals surface area contributed by atoms with E-state index in [0.29, 0.717) is 5.92 Å². The molecule has 30 heavy (non-hydrogen) atoms. The van der Waals surface area contributed by atoms with Gasteiger partial charge in [0.05, 0.1) is 6.61 Å². The van der Waals surface area contributed by atoms with Gasteiger partial charge in [0.25, 0.3) is 0 Å². The van der Waals surface area contributed by atoms with Crippen molar-refractivity contribution in [3.8, 4) is 5.75 Å². The second kappa shape index (κ2) is 8.49. The molecule has 1 N–H and O–H groups in total. The molecule has 1 aliphatic carbocycles. The molecular weight excluding hydrogens is 392 g/mol. The first-order valence-electron chi connectivity index (χ1n) is 11.2. The normalized spacial score (nSPS) is 19.1. The number of aryl methyl sites for hydroxylation is 1. The van der Waals surface area contributed by atoms with Gasteiger partial charge in [-0.05, 0) is 72.6 Å². The number of nitrogens with zero attached hydrogens (tertiary/aromatic N) is 1. The quantitative estimate of drug-likeness (QED) is 0.497. The summed E-state index contributed by atoms with van der Waals surface area (Å²) in [4.78, 5) is 5.98. The van der Waals surface area contributed by atoms with Crippen molar-refractivity contribution in [1.29, 1.82) is 0 Å². The standard InChI is InChI=1S/C26H29ClN2O/c1-2-13-30-22-6-8-23-19(14-22)3-4-20(23)17-29-11-9-18(10-12-29)25-16-28-26-15-21(27)5-7-24(25)26/h5-9,14-16,20,28H,2-4,10-13,17H2,1H3. The van der Waals surface area contributed by atoms with E-state index in [0.717, 1.165) is 55.4 Å². The molecule has 0 bridgehead atoms. The minimum Gasteiger partial charge on any atom is -0.494 e. The Balaban J connectivity index is 1.25. The van der Waals surface area contributed by atoms with Crippen LogP contribution in [0.1, 0.15) is 48.8 Å². The third kappa shape index (κ3) is 3.89. The van der Waals surface area contributed by atoms with E-state index in [1.807, 2.05) is 12.1 Å². The fraction of sp³-hybridized carbons (Fsp3) is 0.385. The Morgan fingerprint density at radius 2 is 2.10 bits per heavy atom. The lowest BCUT2D eigenvalue weighted by atomic mass is 9.96. The Kier molecular flexibility index (Phi) is 5.58. The Labute approximate surface area is 183 Å². The summed E-state index contributed by atoms with van der Waals surface area (Å²) in [6.45, 7) is 6.24. The van der Waals surface area contributed by atoms with Gasteiger partial charge >= 0.3 is 0 Å². The topological polar surface area (TPSA) is 28.3 Å². The number of rotatable bonds is 6. The van der Waals surface area contributed by atoms with Gasteiger partial charge in [-0.25, -0.2) is 0 Å². The summed E-state index contributed by atoms with van der Waals surface area (Å²) in [5.41, 5.74) is 6.91. The molecule has 1 atom stereocenters. The second-order valence-corrected chi connectivity index (χ2v) is 9.01. The van der Waals surface area contributed by atoms with Crippen molar-refractivity contribution >= 4 is 28.1 Å². The highest BCUT2D eigenvalue weighted by atomic mass is 35.5. The van der Waals surface area contributed by atoms with E-state index in [1.54, 1.807) is 0 Å². The zero-order valence-electron chi connectivity index (χ0n) is 17.6. The molecule has 5 rings (SSSR count). The third-order valence-corrected chi connectivity index (χ3v) is 6.79. The molecule has 1 aliphatic heterocycles. The molecule has 0 spiro atoms. The van der Waals surface area contributed by atoms with Gasteiger partial charge in [0, 0.05) is 47.3 Å². The van der Waals surface area contributed by atoms with Crippen molar-refractivity contribution < 1.29 is 4.74 Å². The lowest BCUT2D eigenvalue weighted by Gasteiger charge is -2.29. The number of aromatic amines is 1. The van der Waals surface area contributed by atoms with E-state index in [2.05, 4.69) is 53.3 Å². The molecule has 1 unspecified atom stereocenters. The van der Waals surface area contributed by atoms with E-state index in [9.17, 15) is 0 Å². The van der Waals surface area contributed by atoms with Crippen LogP contribution in [0.4, 0.5) is 0 Å². The number of aromatic nitrogens is 1. The van der Waals surface area contributed by atoms with Gasteiger partial charge in [-0.2, -0.15) is 0 Å². The molecule has 0 saturated carbocycles. The second-order valence-electron chi connectivity index (χ2n) is 8.58. The van der Waals surface area contributed by atoms with Gasteiger partial charge < -0.3 is 9.72 Å². The number of nitrogens with one attached hydrogen (secondary N) is 1. The molecule has 0 amide bonds. The number of hydrogen-bond acceptors (Lipinski definition) is 2. The summed E-state index contributed by atoms with van der Waals surface area (Å²) in [6, 6.07) is 12.8. The molecule has 1 aromatic heterocycles. The molecule has 3 aromatic rings. The molecule has 0 radical (unpaired) electrons. The molecule has 2 aliphatic rings. The predicted octanol–water partition coefficient (Wildman–Crippen LogP) is 6.43. The zero-order valence-corrected chi connectivity index (χ0v) is 18.3. The molecular formula is C26H29ClN2O. The third-order valence-electron chi connectivity index (χ3n) is 6.55. The van der Waals surface area contributed by atoms with E-state index in [4.69, 9.17) is 16.3 Å². The van der Waals surface area contributed by atoms with Crippen molar-refractivity contribution in [3.63, 3.8) is 0 Å². The highest BCUT2D eigenvalue weighted by Crippen LogP contribution is 2.37. The lowest BCUT2D eigenvalue weighted by molar-refractivity contribution is 0.280. The van der Waals surface area contributed by atoms with Crippen molar-refractivity contribution in [2.75, 3.05) is 26.2 Å². The van der Waals surface area contributed by atoms with Crippen LogP contribution in [0, 0.1) is 0 Å². The zero-order chi connectivity index (χ0) is 20.5. The van der Waals surface area contributed by atoms with Gasteiger partial charge in [0.15, 0.2) is 0 Å². The van der Waals surface area contributed by atoms with E-state index >= 15 is 0 Å². The first-order valence-corrected chi connectivity index (χ1v) is 11.5. The molecule has 0 saturated heterocycles. The van der Waals surface area contributed by atoms with Crippen molar-refractivity contribution in [2.24, 2.45) is 0 Å². The Hall–Kier alpha value is -2.23. The maximum atomic E-state index is 6.13. The first-order chi connectivity index (χ1) is 14.7. The molecule has 0 fully saturated rings. The summed E-state index contributed by atoms with van der Waals surface area (Å²) in [5.74, 6) is 1.67. The average Bonchev–Trinajstić information content (AvgIpc) is 3.36. The number of fused-ring (bicyclic) bond motifs is 2.